The van der Waals surface area contributed by atoms with Crippen LogP contribution in [0.4, 0.5) is 5.69 Å². The van der Waals surface area contributed by atoms with Crippen molar-refractivity contribution in [3.8, 4) is 10.6 Å². The Morgan fingerprint density at radius 1 is 1.00 bits per heavy atom. The lowest BCUT2D eigenvalue weighted by molar-refractivity contribution is 0.601. The molecule has 1 aromatic heterocycles. The van der Waals surface area contributed by atoms with Crippen molar-refractivity contribution in [3.05, 3.63) is 76.3 Å². The van der Waals surface area contributed by atoms with Gasteiger partial charge in [-0.25, -0.2) is 13.4 Å². The fourth-order valence-corrected chi connectivity index (χ4v) is 5.52. The van der Waals surface area contributed by atoms with E-state index in [9.17, 15) is 8.42 Å². The topological polar surface area (TPSA) is 59.1 Å². The zero-order valence-corrected chi connectivity index (χ0v) is 17.8. The highest BCUT2D eigenvalue weighted by Crippen LogP contribution is 2.36. The van der Waals surface area contributed by atoms with E-state index >= 15 is 0 Å². The summed E-state index contributed by atoms with van der Waals surface area (Å²) in [5.41, 5.74) is 2.83. The van der Waals surface area contributed by atoms with Crippen LogP contribution >= 0.6 is 34.5 Å². The van der Waals surface area contributed by atoms with Crippen molar-refractivity contribution >= 4 is 60.5 Å². The maximum atomic E-state index is 12.6. The molecule has 4 aromatic rings. The standard InChI is InChI=1S/C20H14Cl2N2O2S2/c1-12-3-2-4-15(9-12)28(25,26)24-14-6-7-16(17(22)11-14)20-23-18-8-5-13(21)10-19(18)27-20/h2-11,24H,1H3. The van der Waals surface area contributed by atoms with Crippen molar-refractivity contribution in [1.29, 1.82) is 0 Å². The summed E-state index contributed by atoms with van der Waals surface area (Å²) >= 11 is 13.9. The van der Waals surface area contributed by atoms with Crippen LogP contribution < -0.4 is 4.72 Å². The fraction of sp³-hybridized carbons (Fsp3) is 0.0500. The Labute approximate surface area is 176 Å². The second kappa shape index (κ2) is 7.37. The van der Waals surface area contributed by atoms with Gasteiger partial charge < -0.3 is 0 Å². The van der Waals surface area contributed by atoms with Gasteiger partial charge in [-0.15, -0.1) is 11.3 Å². The number of aryl methyl sites for hydroxylation is 1. The molecule has 0 aliphatic carbocycles. The number of anilines is 1. The molecular formula is C20H14Cl2N2O2S2. The molecule has 0 unspecified atom stereocenters. The zero-order valence-electron chi connectivity index (χ0n) is 14.6. The Balaban J connectivity index is 1.65. The molecule has 3 aromatic carbocycles. The second-order valence-corrected chi connectivity index (χ2v) is 9.80. The molecule has 1 N–H and O–H groups in total. The lowest BCUT2D eigenvalue weighted by Crippen LogP contribution is -2.13. The van der Waals surface area contributed by atoms with Gasteiger partial charge in [0.15, 0.2) is 0 Å². The number of rotatable bonds is 4. The first-order valence-electron chi connectivity index (χ1n) is 8.27. The van der Waals surface area contributed by atoms with Gasteiger partial charge in [0.2, 0.25) is 0 Å². The molecule has 0 aliphatic rings. The molecule has 142 valence electrons. The van der Waals surface area contributed by atoms with Crippen LogP contribution in [0.1, 0.15) is 5.56 Å². The van der Waals surface area contributed by atoms with E-state index in [4.69, 9.17) is 23.2 Å². The molecule has 8 heteroatoms. The van der Waals surface area contributed by atoms with Gasteiger partial charge in [-0.3, -0.25) is 4.72 Å². The number of hydrogen-bond donors (Lipinski definition) is 1. The lowest BCUT2D eigenvalue weighted by atomic mass is 10.2. The summed E-state index contributed by atoms with van der Waals surface area (Å²) in [4.78, 5) is 4.79. The van der Waals surface area contributed by atoms with E-state index in [1.807, 2.05) is 25.1 Å². The summed E-state index contributed by atoms with van der Waals surface area (Å²) in [7, 11) is -3.69. The molecular weight excluding hydrogens is 435 g/mol. The second-order valence-electron chi connectivity index (χ2n) is 6.25. The Hall–Kier alpha value is -2.12. The first-order valence-corrected chi connectivity index (χ1v) is 11.3. The largest absolute Gasteiger partial charge is 0.280 e. The third kappa shape index (κ3) is 3.86. The maximum Gasteiger partial charge on any atom is 0.261 e. The summed E-state index contributed by atoms with van der Waals surface area (Å²) in [5.74, 6) is 0. The molecule has 0 bridgehead atoms. The molecule has 0 spiro atoms. The maximum absolute atomic E-state index is 12.6. The molecule has 0 fully saturated rings. The van der Waals surface area contributed by atoms with E-state index in [2.05, 4.69) is 9.71 Å². The summed E-state index contributed by atoms with van der Waals surface area (Å²) in [6, 6.07) is 17.2. The fourth-order valence-electron chi connectivity index (χ4n) is 2.76. The van der Waals surface area contributed by atoms with Crippen molar-refractivity contribution < 1.29 is 8.42 Å². The minimum atomic E-state index is -3.69. The monoisotopic (exact) mass is 448 g/mol. The van der Waals surface area contributed by atoms with Gasteiger partial charge >= 0.3 is 0 Å². The number of nitrogens with zero attached hydrogens (tertiary/aromatic N) is 1. The van der Waals surface area contributed by atoms with Crippen LogP contribution in [0.3, 0.4) is 0 Å². The highest BCUT2D eigenvalue weighted by molar-refractivity contribution is 7.92. The summed E-state index contributed by atoms with van der Waals surface area (Å²) in [6.45, 7) is 1.84. The molecule has 28 heavy (non-hydrogen) atoms. The first kappa shape index (κ1) is 19.2. The minimum absolute atomic E-state index is 0.204. The number of nitrogens with one attached hydrogen (secondary N) is 1. The van der Waals surface area contributed by atoms with Gasteiger partial charge in [0.25, 0.3) is 10.0 Å². The van der Waals surface area contributed by atoms with Crippen molar-refractivity contribution in [2.45, 2.75) is 11.8 Å². The Morgan fingerprint density at radius 2 is 1.82 bits per heavy atom. The van der Waals surface area contributed by atoms with Gasteiger partial charge in [0, 0.05) is 10.6 Å². The SMILES string of the molecule is Cc1cccc(S(=O)(=O)Nc2ccc(-c3nc4ccc(Cl)cc4s3)c(Cl)c2)c1. The summed E-state index contributed by atoms with van der Waals surface area (Å²) in [5, 5.41) is 1.81. The van der Waals surface area contributed by atoms with E-state index in [0.717, 1.165) is 26.4 Å². The number of thiazole rings is 1. The van der Waals surface area contributed by atoms with Gasteiger partial charge in [-0.1, -0.05) is 35.3 Å². The van der Waals surface area contributed by atoms with E-state index < -0.39 is 10.0 Å². The molecule has 0 saturated carbocycles. The van der Waals surface area contributed by atoms with Crippen molar-refractivity contribution in [2.75, 3.05) is 4.72 Å². The molecule has 4 nitrogen and oxygen atoms in total. The lowest BCUT2D eigenvalue weighted by Gasteiger charge is -2.10. The summed E-state index contributed by atoms with van der Waals surface area (Å²) in [6.07, 6.45) is 0. The van der Waals surface area contributed by atoms with Crippen LogP contribution in [0, 0.1) is 6.92 Å². The number of sulfonamides is 1. The average Bonchev–Trinajstić information content (AvgIpc) is 3.04. The molecule has 0 atom stereocenters. The average molecular weight is 449 g/mol. The van der Waals surface area contributed by atoms with Crippen LogP contribution in [0.15, 0.2) is 65.6 Å². The van der Waals surface area contributed by atoms with Crippen LogP contribution in [-0.2, 0) is 10.0 Å². The molecule has 4 rings (SSSR count). The van der Waals surface area contributed by atoms with Gasteiger partial charge in [0.1, 0.15) is 5.01 Å². The van der Waals surface area contributed by atoms with E-state index in [1.165, 1.54) is 11.3 Å². The predicted octanol–water partition coefficient (Wildman–Crippen LogP) is 6.38. The van der Waals surface area contributed by atoms with Crippen LogP contribution in [0.2, 0.25) is 10.0 Å². The number of fused-ring (bicyclic) bond motifs is 1. The highest BCUT2D eigenvalue weighted by atomic mass is 35.5. The zero-order chi connectivity index (χ0) is 19.9. The van der Waals surface area contributed by atoms with Gasteiger partial charge in [-0.05, 0) is 61.0 Å². The molecule has 1 heterocycles. The van der Waals surface area contributed by atoms with E-state index in [0.29, 0.717) is 15.7 Å². The normalized spacial score (nSPS) is 11.7. The third-order valence-electron chi connectivity index (χ3n) is 4.10. The van der Waals surface area contributed by atoms with Crippen LogP contribution in [0.25, 0.3) is 20.8 Å². The predicted molar refractivity (Wildman–Crippen MR) is 117 cm³/mol. The molecule has 0 saturated heterocycles. The number of halogens is 2. The Morgan fingerprint density at radius 3 is 2.57 bits per heavy atom. The number of benzene rings is 3. The van der Waals surface area contributed by atoms with Crippen molar-refractivity contribution in [2.24, 2.45) is 0 Å². The molecule has 0 aliphatic heterocycles. The van der Waals surface area contributed by atoms with Gasteiger partial charge in [-0.2, -0.15) is 0 Å². The van der Waals surface area contributed by atoms with E-state index in [1.54, 1.807) is 42.5 Å². The summed E-state index contributed by atoms with van der Waals surface area (Å²) < 4.78 is 28.7. The molecule has 0 radical (unpaired) electrons. The first-order chi connectivity index (χ1) is 13.3. The van der Waals surface area contributed by atoms with Gasteiger partial charge in [0.05, 0.1) is 25.8 Å². The number of aromatic nitrogens is 1. The highest BCUT2D eigenvalue weighted by Gasteiger charge is 2.16. The number of hydrogen-bond acceptors (Lipinski definition) is 4. The Kier molecular flexibility index (Phi) is 5.05. The van der Waals surface area contributed by atoms with Crippen LogP contribution in [-0.4, -0.2) is 13.4 Å². The third-order valence-corrected chi connectivity index (χ3v) is 7.08. The molecule has 0 amide bonds. The van der Waals surface area contributed by atoms with E-state index in [-0.39, 0.29) is 4.90 Å². The quantitative estimate of drug-likeness (QED) is 0.393. The van der Waals surface area contributed by atoms with Crippen LogP contribution in [0.5, 0.6) is 0 Å². The smallest absolute Gasteiger partial charge is 0.261 e. The van der Waals surface area contributed by atoms with Crippen molar-refractivity contribution in [1.82, 2.24) is 4.98 Å². The Bertz CT molecular complexity index is 1300. The van der Waals surface area contributed by atoms with Crippen molar-refractivity contribution in [3.63, 3.8) is 0 Å². The minimum Gasteiger partial charge on any atom is -0.280 e.